The largest absolute Gasteiger partial charge is 0.465 e. The van der Waals surface area contributed by atoms with Crippen molar-refractivity contribution in [1.82, 2.24) is 0 Å². The molecule has 0 bridgehead atoms. The number of nitrogens with one attached hydrogen (secondary N) is 1. The van der Waals surface area contributed by atoms with Gasteiger partial charge >= 0.3 is 5.97 Å². The van der Waals surface area contributed by atoms with Gasteiger partial charge in [-0.1, -0.05) is 13.8 Å². The van der Waals surface area contributed by atoms with E-state index in [4.69, 9.17) is 5.73 Å². The van der Waals surface area contributed by atoms with Crippen LogP contribution in [0.25, 0.3) is 0 Å². The van der Waals surface area contributed by atoms with Gasteiger partial charge in [0.1, 0.15) is 0 Å². The molecule has 0 heterocycles. The van der Waals surface area contributed by atoms with Crippen LogP contribution in [0.4, 0.5) is 11.4 Å². The van der Waals surface area contributed by atoms with E-state index < -0.39 is 0 Å². The molecular weight excluding hydrogens is 240 g/mol. The van der Waals surface area contributed by atoms with Gasteiger partial charge in [-0.05, 0) is 42.9 Å². The van der Waals surface area contributed by atoms with E-state index in [9.17, 15) is 4.79 Å². The molecule has 1 aromatic rings. The highest BCUT2D eigenvalue weighted by atomic mass is 16.5. The Kier molecular flexibility index (Phi) is 3.69. The monoisotopic (exact) mass is 262 g/mol. The van der Waals surface area contributed by atoms with E-state index in [2.05, 4.69) is 23.9 Å². The SMILES string of the molecule is COC(=O)c1ccc(NC2CCC(C)(C)C2)c(N)c1. The molecule has 1 aliphatic carbocycles. The standard InChI is InChI=1S/C15H22N2O2/c1-15(2)7-6-11(9-15)17-13-5-4-10(8-12(13)16)14(18)19-3/h4-5,8,11,17H,6-7,9,16H2,1-3H3. The number of carbonyl (C=O) groups is 1. The van der Waals surface area contributed by atoms with E-state index in [0.717, 1.165) is 18.5 Å². The Hall–Kier alpha value is -1.71. The quantitative estimate of drug-likeness (QED) is 0.649. The fourth-order valence-electron chi connectivity index (χ4n) is 2.72. The maximum atomic E-state index is 11.4. The average molecular weight is 262 g/mol. The van der Waals surface area contributed by atoms with Gasteiger partial charge < -0.3 is 15.8 Å². The number of benzene rings is 1. The number of methoxy groups -OCH3 is 1. The molecule has 2 rings (SSSR count). The molecule has 4 heteroatoms. The number of rotatable bonds is 3. The van der Waals surface area contributed by atoms with Crippen molar-refractivity contribution in [2.45, 2.75) is 39.2 Å². The fraction of sp³-hybridized carbons (Fsp3) is 0.533. The predicted molar refractivity (Wildman–Crippen MR) is 77.2 cm³/mol. The molecule has 0 spiro atoms. The van der Waals surface area contributed by atoms with E-state index in [1.165, 1.54) is 13.5 Å². The van der Waals surface area contributed by atoms with Gasteiger partial charge in [-0.2, -0.15) is 0 Å². The summed E-state index contributed by atoms with van der Waals surface area (Å²) >= 11 is 0. The summed E-state index contributed by atoms with van der Waals surface area (Å²) in [6, 6.07) is 5.72. The van der Waals surface area contributed by atoms with Crippen molar-refractivity contribution in [3.05, 3.63) is 23.8 Å². The second-order valence-corrected chi connectivity index (χ2v) is 6.04. The second-order valence-electron chi connectivity index (χ2n) is 6.04. The minimum absolute atomic E-state index is 0.361. The molecule has 1 aromatic carbocycles. The van der Waals surface area contributed by atoms with Crippen molar-refractivity contribution in [1.29, 1.82) is 0 Å². The topological polar surface area (TPSA) is 64.3 Å². The molecule has 0 radical (unpaired) electrons. The van der Waals surface area contributed by atoms with Gasteiger partial charge in [0, 0.05) is 6.04 Å². The summed E-state index contributed by atoms with van der Waals surface area (Å²) in [7, 11) is 1.37. The second kappa shape index (κ2) is 5.11. The highest BCUT2D eigenvalue weighted by molar-refractivity contribution is 5.91. The van der Waals surface area contributed by atoms with Gasteiger partial charge in [0.2, 0.25) is 0 Å². The number of nitrogens with two attached hydrogens (primary N) is 1. The third-order valence-electron chi connectivity index (χ3n) is 3.80. The first-order valence-electron chi connectivity index (χ1n) is 6.66. The smallest absolute Gasteiger partial charge is 0.337 e. The number of carbonyl (C=O) groups excluding carboxylic acids is 1. The van der Waals surface area contributed by atoms with Crippen LogP contribution in [0, 0.1) is 5.41 Å². The molecule has 104 valence electrons. The molecule has 1 fully saturated rings. The van der Waals surface area contributed by atoms with Crippen molar-refractivity contribution in [3.63, 3.8) is 0 Å². The first-order valence-corrected chi connectivity index (χ1v) is 6.66. The van der Waals surface area contributed by atoms with Gasteiger partial charge in [-0.15, -0.1) is 0 Å². The van der Waals surface area contributed by atoms with Crippen LogP contribution < -0.4 is 11.1 Å². The molecule has 19 heavy (non-hydrogen) atoms. The molecule has 0 aromatic heterocycles. The number of hydrogen-bond acceptors (Lipinski definition) is 4. The van der Waals surface area contributed by atoms with Crippen molar-refractivity contribution in [2.24, 2.45) is 5.41 Å². The average Bonchev–Trinajstić information content (AvgIpc) is 2.70. The predicted octanol–water partition coefficient (Wildman–Crippen LogP) is 3.05. The third-order valence-corrected chi connectivity index (χ3v) is 3.80. The number of ether oxygens (including phenoxy) is 1. The molecule has 0 amide bonds. The summed E-state index contributed by atoms with van der Waals surface area (Å²) in [5, 5.41) is 3.47. The molecular formula is C15H22N2O2. The Morgan fingerprint density at radius 2 is 2.21 bits per heavy atom. The highest BCUT2D eigenvalue weighted by Crippen LogP contribution is 2.38. The van der Waals surface area contributed by atoms with Crippen molar-refractivity contribution < 1.29 is 9.53 Å². The Balaban J connectivity index is 2.08. The first kappa shape index (κ1) is 13.7. The molecule has 1 unspecified atom stereocenters. The molecule has 3 N–H and O–H groups in total. The van der Waals surface area contributed by atoms with Crippen LogP contribution in [0.15, 0.2) is 18.2 Å². The number of hydrogen-bond donors (Lipinski definition) is 2. The zero-order valence-corrected chi connectivity index (χ0v) is 11.8. The molecule has 1 aliphatic rings. The number of esters is 1. The van der Waals surface area contributed by atoms with E-state index in [1.807, 2.05) is 6.07 Å². The molecule has 1 saturated carbocycles. The normalized spacial score (nSPS) is 21.1. The highest BCUT2D eigenvalue weighted by Gasteiger charge is 2.30. The maximum Gasteiger partial charge on any atom is 0.337 e. The van der Waals surface area contributed by atoms with Crippen molar-refractivity contribution >= 4 is 17.3 Å². The molecule has 0 saturated heterocycles. The summed E-state index contributed by atoms with van der Waals surface area (Å²) in [5.41, 5.74) is 8.36. The third kappa shape index (κ3) is 3.19. The molecule has 1 atom stereocenters. The lowest BCUT2D eigenvalue weighted by Gasteiger charge is -2.19. The van der Waals surface area contributed by atoms with E-state index in [-0.39, 0.29) is 5.97 Å². The number of nitrogen functional groups attached to an aromatic ring is 1. The van der Waals surface area contributed by atoms with Crippen LogP contribution in [-0.2, 0) is 4.74 Å². The lowest BCUT2D eigenvalue weighted by molar-refractivity contribution is 0.0601. The first-order chi connectivity index (χ1) is 8.91. The summed E-state index contributed by atoms with van der Waals surface area (Å²) in [5.74, 6) is -0.361. The van der Waals surface area contributed by atoms with Gasteiger partial charge in [0.05, 0.1) is 24.0 Å². The zero-order chi connectivity index (χ0) is 14.0. The molecule has 0 aliphatic heterocycles. The van der Waals surface area contributed by atoms with Crippen molar-refractivity contribution in [3.8, 4) is 0 Å². The summed E-state index contributed by atoms with van der Waals surface area (Å²) < 4.78 is 4.68. The minimum Gasteiger partial charge on any atom is -0.465 e. The van der Waals surface area contributed by atoms with Crippen molar-refractivity contribution in [2.75, 3.05) is 18.2 Å². The Morgan fingerprint density at radius 3 is 2.74 bits per heavy atom. The zero-order valence-electron chi connectivity index (χ0n) is 11.8. The summed E-state index contributed by atoms with van der Waals surface area (Å²) in [4.78, 5) is 11.4. The minimum atomic E-state index is -0.361. The van der Waals surface area contributed by atoms with Gasteiger partial charge in [-0.25, -0.2) is 4.79 Å². The van der Waals surface area contributed by atoms with Crippen LogP contribution >= 0.6 is 0 Å². The molecule has 4 nitrogen and oxygen atoms in total. The maximum absolute atomic E-state index is 11.4. The van der Waals surface area contributed by atoms with Crippen LogP contribution in [-0.4, -0.2) is 19.1 Å². The lowest BCUT2D eigenvalue weighted by atomic mass is 9.92. The van der Waals surface area contributed by atoms with Crippen LogP contribution in [0.2, 0.25) is 0 Å². The van der Waals surface area contributed by atoms with Gasteiger partial charge in [0.25, 0.3) is 0 Å². The van der Waals surface area contributed by atoms with Gasteiger partial charge in [0.15, 0.2) is 0 Å². The van der Waals surface area contributed by atoms with Crippen LogP contribution in [0.1, 0.15) is 43.5 Å². The fourth-order valence-corrected chi connectivity index (χ4v) is 2.72. The van der Waals surface area contributed by atoms with Crippen LogP contribution in [0.3, 0.4) is 0 Å². The summed E-state index contributed by atoms with van der Waals surface area (Å²) in [6.45, 7) is 4.58. The Morgan fingerprint density at radius 1 is 1.47 bits per heavy atom. The van der Waals surface area contributed by atoms with E-state index >= 15 is 0 Å². The Bertz CT molecular complexity index is 483. The number of anilines is 2. The summed E-state index contributed by atoms with van der Waals surface area (Å²) in [6.07, 6.45) is 3.53. The van der Waals surface area contributed by atoms with Crippen LogP contribution in [0.5, 0.6) is 0 Å². The van der Waals surface area contributed by atoms with E-state index in [0.29, 0.717) is 22.7 Å². The lowest BCUT2D eigenvalue weighted by Crippen LogP contribution is -2.18. The Labute approximate surface area is 114 Å². The van der Waals surface area contributed by atoms with Gasteiger partial charge in [-0.3, -0.25) is 0 Å². The van der Waals surface area contributed by atoms with E-state index in [1.54, 1.807) is 12.1 Å².